The molecule has 1 atom stereocenters. The maximum Gasteiger partial charge on any atom is 0.412 e. The van der Waals surface area contributed by atoms with Gasteiger partial charge < -0.3 is 14.6 Å². The molecule has 0 bridgehead atoms. The number of nitrogens with one attached hydrogen (secondary N) is 1. The molecule has 1 unspecified atom stereocenters. The third-order valence-corrected chi connectivity index (χ3v) is 3.83. The van der Waals surface area contributed by atoms with Crippen LogP contribution in [0.25, 0.3) is 0 Å². The molecule has 0 heterocycles. The van der Waals surface area contributed by atoms with Crippen LogP contribution < -0.4 is 5.32 Å². The van der Waals surface area contributed by atoms with Gasteiger partial charge in [-0.05, 0) is 51.3 Å². The fraction of sp³-hybridized carbons (Fsp3) is 0.529. The summed E-state index contributed by atoms with van der Waals surface area (Å²) >= 11 is 0. The van der Waals surface area contributed by atoms with Gasteiger partial charge in [0.15, 0.2) is 6.10 Å². The molecule has 0 spiro atoms. The molecule has 2 rings (SSSR count). The van der Waals surface area contributed by atoms with Crippen molar-refractivity contribution in [1.29, 1.82) is 0 Å². The van der Waals surface area contributed by atoms with E-state index in [2.05, 4.69) is 5.32 Å². The maximum absolute atomic E-state index is 11.9. The van der Waals surface area contributed by atoms with Crippen LogP contribution in [0.3, 0.4) is 0 Å². The molecular formula is C17H23NO5. The van der Waals surface area contributed by atoms with Crippen molar-refractivity contribution < 1.29 is 24.2 Å². The number of carbonyl (C=O) groups is 2. The number of hydrogen-bond acceptors (Lipinski definition) is 4. The topological polar surface area (TPSA) is 84.9 Å². The van der Waals surface area contributed by atoms with Crippen LogP contribution in [0.15, 0.2) is 24.3 Å². The normalized spacial score (nSPS) is 17.2. The van der Waals surface area contributed by atoms with Crippen LogP contribution in [0.1, 0.15) is 39.2 Å². The molecule has 126 valence electrons. The molecule has 23 heavy (non-hydrogen) atoms. The Morgan fingerprint density at radius 2 is 1.96 bits per heavy atom. The van der Waals surface area contributed by atoms with E-state index < -0.39 is 29.2 Å². The second kappa shape index (κ2) is 6.20. The molecule has 1 fully saturated rings. The number of ether oxygens (including phenoxy) is 2. The van der Waals surface area contributed by atoms with E-state index >= 15 is 0 Å². The molecule has 6 nitrogen and oxygen atoms in total. The average Bonchev–Trinajstić information content (AvgIpc) is 3.18. The van der Waals surface area contributed by atoms with Crippen LogP contribution in [0.2, 0.25) is 0 Å². The molecule has 1 saturated carbocycles. The number of aliphatic carboxylic acids is 1. The first kappa shape index (κ1) is 17.3. The largest absolute Gasteiger partial charge is 0.479 e. The van der Waals surface area contributed by atoms with Gasteiger partial charge in [-0.25, -0.2) is 9.59 Å². The lowest BCUT2D eigenvalue weighted by atomic mass is 9.89. The Balaban J connectivity index is 2.17. The first-order valence-electron chi connectivity index (χ1n) is 7.54. The molecule has 0 aliphatic heterocycles. The second-order valence-corrected chi connectivity index (χ2v) is 6.82. The van der Waals surface area contributed by atoms with E-state index in [9.17, 15) is 14.7 Å². The van der Waals surface area contributed by atoms with Gasteiger partial charge in [0.25, 0.3) is 0 Å². The van der Waals surface area contributed by atoms with Crippen molar-refractivity contribution >= 4 is 17.7 Å². The predicted molar refractivity (Wildman–Crippen MR) is 85.6 cm³/mol. The summed E-state index contributed by atoms with van der Waals surface area (Å²) in [5.41, 5.74) is 0.319. The highest BCUT2D eigenvalue weighted by molar-refractivity contribution is 5.85. The first-order valence-corrected chi connectivity index (χ1v) is 7.54. The number of rotatable bonds is 5. The standard InChI is InChI=1S/C17H23NO5/c1-16(2,3)23-15(21)18-12-7-5-6-11(10-12)17(8-9-17)13(22-4)14(19)20/h5-7,10,13H,8-9H2,1-4H3,(H,18,21)(H,19,20). The Morgan fingerprint density at radius 3 is 2.43 bits per heavy atom. The zero-order valence-electron chi connectivity index (χ0n) is 13.9. The van der Waals surface area contributed by atoms with Gasteiger partial charge in [-0.2, -0.15) is 0 Å². The van der Waals surface area contributed by atoms with Gasteiger partial charge in [0.05, 0.1) is 0 Å². The van der Waals surface area contributed by atoms with Crippen LogP contribution in [0, 0.1) is 0 Å². The summed E-state index contributed by atoms with van der Waals surface area (Å²) in [5.74, 6) is -0.976. The van der Waals surface area contributed by atoms with Crippen molar-refractivity contribution in [2.45, 2.75) is 50.7 Å². The van der Waals surface area contributed by atoms with Gasteiger partial charge >= 0.3 is 12.1 Å². The van der Waals surface area contributed by atoms with Crippen LogP contribution >= 0.6 is 0 Å². The van der Waals surface area contributed by atoms with Gasteiger partial charge in [-0.1, -0.05) is 12.1 Å². The number of anilines is 1. The highest BCUT2D eigenvalue weighted by Gasteiger charge is 2.54. The van der Waals surface area contributed by atoms with Gasteiger partial charge in [-0.3, -0.25) is 5.32 Å². The zero-order valence-corrected chi connectivity index (χ0v) is 13.9. The molecule has 1 aromatic rings. The number of carboxylic acid groups (broad SMARTS) is 1. The molecule has 1 amide bonds. The third kappa shape index (κ3) is 4.01. The van der Waals surface area contributed by atoms with Crippen molar-refractivity contribution in [2.24, 2.45) is 0 Å². The highest BCUT2D eigenvalue weighted by atomic mass is 16.6. The van der Waals surface area contributed by atoms with Crippen molar-refractivity contribution in [3.8, 4) is 0 Å². The van der Waals surface area contributed by atoms with Gasteiger partial charge in [-0.15, -0.1) is 0 Å². The van der Waals surface area contributed by atoms with E-state index in [0.717, 1.165) is 18.4 Å². The molecule has 0 radical (unpaired) electrons. The Labute approximate surface area is 135 Å². The Morgan fingerprint density at radius 1 is 1.30 bits per heavy atom. The van der Waals surface area contributed by atoms with Crippen molar-refractivity contribution in [3.63, 3.8) is 0 Å². The fourth-order valence-corrected chi connectivity index (χ4v) is 2.73. The monoisotopic (exact) mass is 321 g/mol. The zero-order chi connectivity index (χ0) is 17.3. The number of benzene rings is 1. The lowest BCUT2D eigenvalue weighted by Crippen LogP contribution is -2.36. The van der Waals surface area contributed by atoms with Crippen LogP contribution in [-0.2, 0) is 19.7 Å². The SMILES string of the molecule is COC(C(=O)O)C1(c2cccc(NC(=O)OC(C)(C)C)c2)CC1. The molecule has 1 aromatic carbocycles. The van der Waals surface area contributed by atoms with Gasteiger partial charge in [0, 0.05) is 18.2 Å². The summed E-state index contributed by atoms with van der Waals surface area (Å²) in [4.78, 5) is 23.2. The van der Waals surface area contributed by atoms with Gasteiger partial charge in [0.2, 0.25) is 0 Å². The molecule has 1 aliphatic rings. The van der Waals surface area contributed by atoms with E-state index in [1.807, 2.05) is 6.07 Å². The smallest absolute Gasteiger partial charge is 0.412 e. The molecule has 0 aromatic heterocycles. The molecule has 1 aliphatic carbocycles. The maximum atomic E-state index is 11.9. The third-order valence-electron chi connectivity index (χ3n) is 3.83. The van der Waals surface area contributed by atoms with Crippen molar-refractivity contribution in [2.75, 3.05) is 12.4 Å². The Kier molecular flexibility index (Phi) is 4.66. The first-order chi connectivity index (χ1) is 10.7. The van der Waals surface area contributed by atoms with Crippen molar-refractivity contribution in [3.05, 3.63) is 29.8 Å². The minimum absolute atomic E-state index is 0.522. The van der Waals surface area contributed by atoms with Crippen LogP contribution in [0.4, 0.5) is 10.5 Å². The van der Waals surface area contributed by atoms with E-state index in [1.165, 1.54) is 7.11 Å². The Bertz CT molecular complexity index is 601. The summed E-state index contributed by atoms with van der Waals surface area (Å²) in [6.45, 7) is 5.37. The highest BCUT2D eigenvalue weighted by Crippen LogP contribution is 2.52. The lowest BCUT2D eigenvalue weighted by molar-refractivity contribution is -0.150. The number of hydrogen-bond donors (Lipinski definition) is 2. The number of methoxy groups -OCH3 is 1. The summed E-state index contributed by atoms with van der Waals surface area (Å²) < 4.78 is 10.4. The van der Waals surface area contributed by atoms with Crippen LogP contribution in [-0.4, -0.2) is 36.0 Å². The predicted octanol–water partition coefficient (Wildman–Crippen LogP) is 3.16. The molecule has 0 saturated heterocycles. The minimum atomic E-state index is -0.976. The number of amides is 1. The Hall–Kier alpha value is -2.08. The molecular weight excluding hydrogens is 298 g/mol. The number of carbonyl (C=O) groups excluding carboxylic acids is 1. The minimum Gasteiger partial charge on any atom is -0.479 e. The van der Waals surface area contributed by atoms with E-state index in [4.69, 9.17) is 9.47 Å². The summed E-state index contributed by atoms with van der Waals surface area (Å²) in [5, 5.41) is 12.0. The summed E-state index contributed by atoms with van der Waals surface area (Å²) in [7, 11) is 1.40. The second-order valence-electron chi connectivity index (χ2n) is 6.82. The lowest BCUT2D eigenvalue weighted by Gasteiger charge is -2.23. The van der Waals surface area contributed by atoms with Gasteiger partial charge in [0.1, 0.15) is 5.60 Å². The van der Waals surface area contributed by atoms with E-state index in [1.54, 1.807) is 39.0 Å². The molecule has 6 heteroatoms. The van der Waals surface area contributed by atoms with Crippen LogP contribution in [0.5, 0.6) is 0 Å². The van der Waals surface area contributed by atoms with E-state index in [0.29, 0.717) is 5.69 Å². The van der Waals surface area contributed by atoms with Crippen molar-refractivity contribution in [1.82, 2.24) is 0 Å². The summed E-state index contributed by atoms with van der Waals surface area (Å²) in [6.07, 6.45) is 0.0572. The fourth-order valence-electron chi connectivity index (χ4n) is 2.73. The summed E-state index contributed by atoms with van der Waals surface area (Å²) in [6, 6.07) is 7.18. The average molecular weight is 321 g/mol. The quantitative estimate of drug-likeness (QED) is 0.870. The molecule has 2 N–H and O–H groups in total. The number of carboxylic acids is 1. The van der Waals surface area contributed by atoms with E-state index in [-0.39, 0.29) is 0 Å².